The number of nitriles is 1. The number of benzene rings is 1. The SMILES string of the molecule is CC(C)(CC(N)=O)NCc1ccccc1C#N. The van der Waals surface area contributed by atoms with Crippen molar-refractivity contribution in [3.63, 3.8) is 0 Å². The Bertz CT molecular complexity index is 446. The Morgan fingerprint density at radius 2 is 2.12 bits per heavy atom. The summed E-state index contributed by atoms with van der Waals surface area (Å²) in [5.74, 6) is -0.337. The van der Waals surface area contributed by atoms with E-state index >= 15 is 0 Å². The molecule has 0 spiro atoms. The monoisotopic (exact) mass is 231 g/mol. The van der Waals surface area contributed by atoms with Gasteiger partial charge in [-0.2, -0.15) is 5.26 Å². The van der Waals surface area contributed by atoms with Gasteiger partial charge in [-0.3, -0.25) is 4.79 Å². The average Bonchev–Trinajstić information content (AvgIpc) is 2.25. The molecule has 1 rings (SSSR count). The number of primary amides is 1. The summed E-state index contributed by atoms with van der Waals surface area (Å²) in [4.78, 5) is 10.9. The first-order chi connectivity index (χ1) is 7.94. The molecule has 0 fully saturated rings. The zero-order valence-corrected chi connectivity index (χ0v) is 10.2. The molecule has 0 bridgehead atoms. The predicted octanol–water partition coefficient (Wildman–Crippen LogP) is 1.30. The van der Waals surface area contributed by atoms with Gasteiger partial charge in [0.2, 0.25) is 5.91 Å². The predicted molar refractivity (Wildman–Crippen MR) is 65.9 cm³/mol. The van der Waals surface area contributed by atoms with Crippen LogP contribution >= 0.6 is 0 Å². The van der Waals surface area contributed by atoms with Crippen LogP contribution in [0.4, 0.5) is 0 Å². The number of nitrogens with two attached hydrogens (primary N) is 1. The number of nitrogens with zero attached hydrogens (tertiary/aromatic N) is 1. The lowest BCUT2D eigenvalue weighted by Crippen LogP contribution is -2.42. The van der Waals surface area contributed by atoms with E-state index in [-0.39, 0.29) is 17.9 Å². The van der Waals surface area contributed by atoms with Crippen molar-refractivity contribution in [3.05, 3.63) is 35.4 Å². The van der Waals surface area contributed by atoms with Crippen molar-refractivity contribution >= 4 is 5.91 Å². The molecule has 0 aromatic heterocycles. The number of nitrogens with one attached hydrogen (secondary N) is 1. The summed E-state index contributed by atoms with van der Waals surface area (Å²) in [5, 5.41) is 12.2. The fourth-order valence-corrected chi connectivity index (χ4v) is 1.62. The molecule has 1 aromatic carbocycles. The number of carbonyl (C=O) groups excluding carboxylic acids is 1. The molecule has 17 heavy (non-hydrogen) atoms. The van der Waals surface area contributed by atoms with Crippen molar-refractivity contribution in [2.45, 2.75) is 32.4 Å². The van der Waals surface area contributed by atoms with Crippen LogP contribution in [0, 0.1) is 11.3 Å². The Morgan fingerprint density at radius 3 is 2.71 bits per heavy atom. The van der Waals surface area contributed by atoms with E-state index in [0.717, 1.165) is 5.56 Å². The fourth-order valence-electron chi connectivity index (χ4n) is 1.62. The van der Waals surface area contributed by atoms with Gasteiger partial charge in [0.1, 0.15) is 0 Å². The van der Waals surface area contributed by atoms with E-state index in [9.17, 15) is 4.79 Å². The molecular weight excluding hydrogens is 214 g/mol. The van der Waals surface area contributed by atoms with Crippen molar-refractivity contribution in [3.8, 4) is 6.07 Å². The first-order valence-electron chi connectivity index (χ1n) is 5.46. The Hall–Kier alpha value is -1.86. The van der Waals surface area contributed by atoms with E-state index in [0.29, 0.717) is 12.1 Å². The zero-order valence-electron chi connectivity index (χ0n) is 10.2. The summed E-state index contributed by atoms with van der Waals surface area (Å²) < 4.78 is 0. The number of hydrogen-bond donors (Lipinski definition) is 2. The van der Waals surface area contributed by atoms with Crippen molar-refractivity contribution in [1.29, 1.82) is 5.26 Å². The molecule has 3 N–H and O–H groups in total. The highest BCUT2D eigenvalue weighted by Gasteiger charge is 2.19. The summed E-state index contributed by atoms with van der Waals surface area (Å²) in [6, 6.07) is 9.53. The summed E-state index contributed by atoms with van der Waals surface area (Å²) >= 11 is 0. The molecule has 0 aliphatic rings. The maximum atomic E-state index is 10.9. The van der Waals surface area contributed by atoms with Gasteiger partial charge < -0.3 is 11.1 Å². The van der Waals surface area contributed by atoms with Gasteiger partial charge in [0.05, 0.1) is 11.6 Å². The molecule has 0 aliphatic heterocycles. The van der Waals surface area contributed by atoms with Crippen molar-refractivity contribution in [2.75, 3.05) is 0 Å². The highest BCUT2D eigenvalue weighted by Crippen LogP contribution is 2.12. The van der Waals surface area contributed by atoms with E-state index in [1.165, 1.54) is 0 Å². The van der Waals surface area contributed by atoms with E-state index in [4.69, 9.17) is 11.0 Å². The summed E-state index contributed by atoms with van der Waals surface area (Å²) in [6.45, 7) is 4.36. The third-order valence-electron chi connectivity index (χ3n) is 2.51. The van der Waals surface area contributed by atoms with Gasteiger partial charge in [-0.05, 0) is 25.5 Å². The minimum absolute atomic E-state index is 0.266. The Balaban J connectivity index is 2.67. The summed E-state index contributed by atoms with van der Waals surface area (Å²) in [6.07, 6.45) is 0.266. The van der Waals surface area contributed by atoms with Crippen LogP contribution in [0.2, 0.25) is 0 Å². The van der Waals surface area contributed by atoms with Crippen LogP contribution in [0.25, 0.3) is 0 Å². The van der Waals surface area contributed by atoms with Crippen LogP contribution < -0.4 is 11.1 Å². The molecular formula is C13H17N3O. The Kier molecular flexibility index (Phi) is 4.24. The number of carbonyl (C=O) groups is 1. The largest absolute Gasteiger partial charge is 0.370 e. The molecule has 1 amide bonds. The zero-order chi connectivity index (χ0) is 12.9. The second-order valence-electron chi connectivity index (χ2n) is 4.65. The van der Waals surface area contributed by atoms with Gasteiger partial charge in [-0.25, -0.2) is 0 Å². The molecule has 0 saturated heterocycles. The van der Waals surface area contributed by atoms with E-state index in [1.807, 2.05) is 32.0 Å². The number of rotatable bonds is 5. The first kappa shape index (κ1) is 13.2. The van der Waals surface area contributed by atoms with Crippen LogP contribution in [-0.2, 0) is 11.3 Å². The van der Waals surface area contributed by atoms with Crippen LogP contribution in [0.1, 0.15) is 31.4 Å². The topological polar surface area (TPSA) is 78.9 Å². The van der Waals surface area contributed by atoms with Crippen LogP contribution in [0.5, 0.6) is 0 Å². The maximum absolute atomic E-state index is 10.9. The molecule has 0 heterocycles. The van der Waals surface area contributed by atoms with Gasteiger partial charge in [-0.1, -0.05) is 18.2 Å². The van der Waals surface area contributed by atoms with Crippen LogP contribution in [0.3, 0.4) is 0 Å². The standard InChI is InChI=1S/C13H17N3O/c1-13(2,7-12(15)17)16-9-11-6-4-3-5-10(11)8-14/h3-6,16H,7,9H2,1-2H3,(H2,15,17). The summed E-state index contributed by atoms with van der Waals surface area (Å²) in [7, 11) is 0. The highest BCUT2D eigenvalue weighted by atomic mass is 16.1. The molecule has 0 aliphatic carbocycles. The van der Waals surface area contributed by atoms with Gasteiger partial charge in [0.15, 0.2) is 0 Å². The molecule has 1 aromatic rings. The molecule has 0 atom stereocenters. The lowest BCUT2D eigenvalue weighted by atomic mass is 9.99. The molecule has 0 saturated carbocycles. The van der Waals surface area contributed by atoms with Crippen LogP contribution in [-0.4, -0.2) is 11.4 Å². The van der Waals surface area contributed by atoms with E-state index < -0.39 is 0 Å². The van der Waals surface area contributed by atoms with E-state index in [2.05, 4.69) is 11.4 Å². The summed E-state index contributed by atoms with van der Waals surface area (Å²) in [5.41, 5.74) is 6.38. The normalized spacial score (nSPS) is 10.9. The van der Waals surface area contributed by atoms with Crippen LogP contribution in [0.15, 0.2) is 24.3 Å². The minimum Gasteiger partial charge on any atom is -0.370 e. The maximum Gasteiger partial charge on any atom is 0.219 e. The third-order valence-corrected chi connectivity index (χ3v) is 2.51. The first-order valence-corrected chi connectivity index (χ1v) is 5.46. The smallest absolute Gasteiger partial charge is 0.219 e. The lowest BCUT2D eigenvalue weighted by molar-refractivity contribution is -0.119. The molecule has 4 heteroatoms. The second kappa shape index (κ2) is 5.46. The molecule has 90 valence electrons. The molecule has 0 unspecified atom stereocenters. The average molecular weight is 231 g/mol. The van der Waals surface area contributed by atoms with Gasteiger partial charge in [0, 0.05) is 18.5 Å². The van der Waals surface area contributed by atoms with Gasteiger partial charge >= 0.3 is 0 Å². The molecule has 0 radical (unpaired) electrons. The number of amides is 1. The van der Waals surface area contributed by atoms with E-state index in [1.54, 1.807) is 6.07 Å². The minimum atomic E-state index is -0.367. The highest BCUT2D eigenvalue weighted by molar-refractivity contribution is 5.75. The fraction of sp³-hybridized carbons (Fsp3) is 0.385. The third kappa shape index (κ3) is 4.25. The number of hydrogen-bond acceptors (Lipinski definition) is 3. The van der Waals surface area contributed by atoms with Crippen molar-refractivity contribution in [2.24, 2.45) is 5.73 Å². The quantitative estimate of drug-likeness (QED) is 0.801. The Morgan fingerprint density at radius 1 is 1.47 bits per heavy atom. The second-order valence-corrected chi connectivity index (χ2v) is 4.65. The van der Waals surface area contributed by atoms with Gasteiger partial charge in [-0.15, -0.1) is 0 Å². The molecule has 4 nitrogen and oxygen atoms in total. The Labute approximate surface area is 101 Å². The van der Waals surface area contributed by atoms with Crippen molar-refractivity contribution in [1.82, 2.24) is 5.32 Å². The van der Waals surface area contributed by atoms with Gasteiger partial charge in [0.25, 0.3) is 0 Å². The lowest BCUT2D eigenvalue weighted by Gasteiger charge is -2.25. The van der Waals surface area contributed by atoms with Crippen molar-refractivity contribution < 1.29 is 4.79 Å².